The highest BCUT2D eigenvalue weighted by Gasteiger charge is 2.19. The van der Waals surface area contributed by atoms with Gasteiger partial charge in [0.2, 0.25) is 0 Å². The fourth-order valence-corrected chi connectivity index (χ4v) is 4.11. The summed E-state index contributed by atoms with van der Waals surface area (Å²) in [6.07, 6.45) is 7.07. The van der Waals surface area contributed by atoms with Crippen molar-refractivity contribution in [3.8, 4) is 0 Å². The lowest BCUT2D eigenvalue weighted by Crippen LogP contribution is -2.18. The number of hydrogen-bond acceptors (Lipinski definition) is 6. The van der Waals surface area contributed by atoms with Crippen molar-refractivity contribution in [1.82, 2.24) is 9.97 Å². The summed E-state index contributed by atoms with van der Waals surface area (Å²) >= 11 is 0. The minimum Gasteiger partial charge on any atom is -0.395 e. The van der Waals surface area contributed by atoms with Gasteiger partial charge in [-0.25, -0.2) is 0 Å². The average Bonchev–Trinajstić information content (AvgIpc) is 2.78. The van der Waals surface area contributed by atoms with Crippen molar-refractivity contribution in [2.45, 2.75) is 65.7 Å². The second-order valence-corrected chi connectivity index (χ2v) is 8.57. The molecule has 0 spiro atoms. The van der Waals surface area contributed by atoms with Crippen molar-refractivity contribution in [1.29, 1.82) is 0 Å². The van der Waals surface area contributed by atoms with Gasteiger partial charge in [-0.05, 0) is 82.1 Å². The van der Waals surface area contributed by atoms with Gasteiger partial charge in [-0.1, -0.05) is 29.4 Å². The highest BCUT2D eigenvalue weighted by Crippen LogP contribution is 2.22. The third-order valence-corrected chi connectivity index (χ3v) is 6.05. The molecule has 0 atom stereocenters. The van der Waals surface area contributed by atoms with Crippen LogP contribution in [0.15, 0.2) is 34.6 Å². The standard InChI is InChI=1S/C25H32N4O2/c1-4-19(15-30-28-22-9-5-7-20-13-11-17(2)26-24(20)22)16-31-29-23-10-6-8-21-14-12-18(3)27-25(21)23/h11-14,19H,4-10,15-16H2,1-3H3/b28-22+,29-23+. The lowest BCUT2D eigenvalue weighted by Gasteiger charge is -2.18. The monoisotopic (exact) mass is 420 g/mol. The molecule has 2 aliphatic rings. The molecule has 0 aliphatic heterocycles. The maximum Gasteiger partial charge on any atom is 0.123 e. The summed E-state index contributed by atoms with van der Waals surface area (Å²) in [5.41, 5.74) is 8.48. The highest BCUT2D eigenvalue weighted by atomic mass is 16.6. The van der Waals surface area contributed by atoms with Gasteiger partial charge in [0.25, 0.3) is 0 Å². The number of oxime groups is 2. The van der Waals surface area contributed by atoms with Crippen LogP contribution in [0.5, 0.6) is 0 Å². The van der Waals surface area contributed by atoms with Crippen molar-refractivity contribution in [2.24, 2.45) is 16.2 Å². The van der Waals surface area contributed by atoms with E-state index in [-0.39, 0.29) is 5.92 Å². The molecule has 6 nitrogen and oxygen atoms in total. The quantitative estimate of drug-likeness (QED) is 0.595. The topological polar surface area (TPSA) is 69.0 Å². The van der Waals surface area contributed by atoms with Crippen molar-refractivity contribution in [2.75, 3.05) is 13.2 Å². The smallest absolute Gasteiger partial charge is 0.123 e. The zero-order valence-electron chi connectivity index (χ0n) is 18.9. The molecule has 0 fully saturated rings. The van der Waals surface area contributed by atoms with Gasteiger partial charge >= 0.3 is 0 Å². The molecule has 0 saturated heterocycles. The summed E-state index contributed by atoms with van der Waals surface area (Å²) in [4.78, 5) is 20.8. The van der Waals surface area contributed by atoms with Crippen LogP contribution in [-0.4, -0.2) is 34.6 Å². The summed E-state index contributed by atoms with van der Waals surface area (Å²) < 4.78 is 0. The molecule has 0 bridgehead atoms. The highest BCUT2D eigenvalue weighted by molar-refractivity contribution is 6.01. The van der Waals surface area contributed by atoms with E-state index in [0.29, 0.717) is 13.2 Å². The van der Waals surface area contributed by atoms with Gasteiger partial charge in [-0.3, -0.25) is 9.97 Å². The minimum atomic E-state index is 0.232. The first-order valence-electron chi connectivity index (χ1n) is 11.5. The summed E-state index contributed by atoms with van der Waals surface area (Å²) in [5, 5.41) is 8.89. The van der Waals surface area contributed by atoms with Gasteiger partial charge in [0, 0.05) is 17.3 Å². The number of fused-ring (bicyclic) bond motifs is 2. The predicted octanol–water partition coefficient (Wildman–Crippen LogP) is 4.93. The Balaban J connectivity index is 1.34. The third kappa shape index (κ3) is 5.30. The normalized spacial score (nSPS) is 18.2. The number of nitrogens with zero attached hydrogens (tertiary/aromatic N) is 4. The van der Waals surface area contributed by atoms with E-state index in [9.17, 15) is 0 Å². The number of hydrogen-bond donors (Lipinski definition) is 0. The number of pyridine rings is 2. The lowest BCUT2D eigenvalue weighted by molar-refractivity contribution is 0.0423. The van der Waals surface area contributed by atoms with E-state index in [4.69, 9.17) is 9.68 Å². The molecule has 0 radical (unpaired) electrons. The molecule has 2 aromatic heterocycles. The average molecular weight is 421 g/mol. The van der Waals surface area contributed by atoms with Gasteiger partial charge in [0.1, 0.15) is 24.6 Å². The van der Waals surface area contributed by atoms with E-state index in [1.165, 1.54) is 11.1 Å². The Morgan fingerprint density at radius 3 is 1.71 bits per heavy atom. The Kier molecular flexibility index (Phi) is 6.95. The summed E-state index contributed by atoms with van der Waals surface area (Å²) in [7, 11) is 0. The zero-order valence-corrected chi connectivity index (χ0v) is 18.9. The van der Waals surface area contributed by atoms with Gasteiger partial charge in [0.05, 0.1) is 11.4 Å². The van der Waals surface area contributed by atoms with Gasteiger partial charge in [0.15, 0.2) is 0 Å². The Morgan fingerprint density at radius 2 is 1.26 bits per heavy atom. The molecule has 0 N–H and O–H groups in total. The maximum absolute atomic E-state index is 5.74. The van der Waals surface area contributed by atoms with E-state index in [0.717, 1.165) is 79.1 Å². The molecule has 4 rings (SSSR count). The van der Waals surface area contributed by atoms with Gasteiger partial charge in [-0.2, -0.15) is 0 Å². The molecule has 0 aromatic carbocycles. The Labute approximate surface area is 184 Å². The van der Waals surface area contributed by atoms with E-state index in [2.05, 4.69) is 51.5 Å². The molecule has 0 amide bonds. The first-order chi connectivity index (χ1) is 15.1. The van der Waals surface area contributed by atoms with Crippen LogP contribution in [0.4, 0.5) is 0 Å². The third-order valence-electron chi connectivity index (χ3n) is 6.05. The molecule has 2 heterocycles. The first-order valence-corrected chi connectivity index (χ1v) is 11.5. The minimum absolute atomic E-state index is 0.232. The molecule has 0 unspecified atom stereocenters. The Hall–Kier alpha value is -2.76. The van der Waals surface area contributed by atoms with E-state index in [1.54, 1.807) is 0 Å². The summed E-state index contributed by atoms with van der Waals surface area (Å²) in [6.45, 7) is 7.20. The largest absolute Gasteiger partial charge is 0.395 e. The van der Waals surface area contributed by atoms with Crippen LogP contribution in [0.2, 0.25) is 0 Å². The van der Waals surface area contributed by atoms with Crippen molar-refractivity contribution in [3.63, 3.8) is 0 Å². The second kappa shape index (κ2) is 10.0. The van der Waals surface area contributed by atoms with Crippen LogP contribution in [-0.2, 0) is 22.5 Å². The molecular formula is C25H32N4O2. The van der Waals surface area contributed by atoms with E-state index < -0.39 is 0 Å². The Morgan fingerprint density at radius 1 is 0.774 bits per heavy atom. The van der Waals surface area contributed by atoms with Crippen molar-refractivity contribution >= 4 is 11.4 Å². The SMILES string of the molecule is CCC(CO/N=C1\CCCc2ccc(C)nc21)CO/N=C1\CCCc2ccc(C)nc21. The number of aromatic nitrogens is 2. The second-order valence-electron chi connectivity index (χ2n) is 8.57. The van der Waals surface area contributed by atoms with Crippen LogP contribution in [0.25, 0.3) is 0 Å². The maximum atomic E-state index is 5.74. The van der Waals surface area contributed by atoms with Crippen LogP contribution < -0.4 is 0 Å². The molecular weight excluding hydrogens is 388 g/mol. The molecule has 164 valence electrons. The molecule has 2 aliphatic carbocycles. The molecule has 6 heteroatoms. The van der Waals surface area contributed by atoms with Crippen molar-refractivity contribution < 1.29 is 9.68 Å². The van der Waals surface area contributed by atoms with Crippen molar-refractivity contribution in [3.05, 3.63) is 58.2 Å². The zero-order chi connectivity index (χ0) is 21.6. The molecule has 2 aromatic rings. The van der Waals surface area contributed by atoms with E-state index >= 15 is 0 Å². The number of rotatable bonds is 7. The first kappa shape index (κ1) is 21.5. The molecule has 31 heavy (non-hydrogen) atoms. The lowest BCUT2D eigenvalue weighted by atomic mass is 9.94. The molecule has 0 saturated carbocycles. The fraction of sp³-hybridized carbons (Fsp3) is 0.520. The van der Waals surface area contributed by atoms with Gasteiger partial charge < -0.3 is 9.68 Å². The summed E-state index contributed by atoms with van der Waals surface area (Å²) in [5.74, 6) is 0.232. The van der Waals surface area contributed by atoms with Crippen LogP contribution in [0.3, 0.4) is 0 Å². The van der Waals surface area contributed by atoms with Crippen LogP contribution in [0, 0.1) is 19.8 Å². The van der Waals surface area contributed by atoms with E-state index in [1.807, 2.05) is 13.8 Å². The Bertz CT molecular complexity index is 906. The fourth-order valence-electron chi connectivity index (χ4n) is 4.11. The number of aryl methyl sites for hydroxylation is 4. The van der Waals surface area contributed by atoms with Crippen LogP contribution in [0.1, 0.15) is 72.9 Å². The van der Waals surface area contributed by atoms with Crippen LogP contribution >= 0.6 is 0 Å². The predicted molar refractivity (Wildman–Crippen MR) is 123 cm³/mol. The summed E-state index contributed by atoms with van der Waals surface area (Å²) in [6, 6.07) is 8.45. The van der Waals surface area contributed by atoms with Gasteiger partial charge in [-0.15, -0.1) is 0 Å².